The molecule has 33 heavy (non-hydrogen) atoms. The van der Waals surface area contributed by atoms with Gasteiger partial charge in [-0.2, -0.15) is 5.10 Å². The molecule has 9 heteroatoms. The summed E-state index contributed by atoms with van der Waals surface area (Å²) in [5.74, 6) is 0.214. The largest absolute Gasteiger partial charge is 0.368 e. The highest BCUT2D eigenvalue weighted by Crippen LogP contribution is 2.34. The summed E-state index contributed by atoms with van der Waals surface area (Å²) in [6.45, 7) is 0.789. The molecule has 0 atom stereocenters. The number of hydrogen-bond donors (Lipinski definition) is 1. The number of benzene rings is 1. The third-order valence-corrected chi connectivity index (χ3v) is 5.33. The fourth-order valence-electron chi connectivity index (χ4n) is 3.46. The van der Waals surface area contributed by atoms with Crippen molar-refractivity contribution in [2.24, 2.45) is 7.05 Å². The maximum atomic E-state index is 13.5. The van der Waals surface area contributed by atoms with Crippen molar-refractivity contribution in [1.82, 2.24) is 19.7 Å². The van der Waals surface area contributed by atoms with E-state index in [0.717, 1.165) is 23.1 Å². The van der Waals surface area contributed by atoms with Crippen LogP contribution in [0.4, 0.5) is 15.9 Å². The normalized spacial score (nSPS) is 10.8. The molecule has 4 rings (SSSR count). The van der Waals surface area contributed by atoms with E-state index in [4.69, 9.17) is 16.6 Å². The van der Waals surface area contributed by atoms with E-state index in [1.807, 2.05) is 31.4 Å². The first-order valence-corrected chi connectivity index (χ1v) is 10.7. The van der Waals surface area contributed by atoms with Gasteiger partial charge >= 0.3 is 0 Å². The second-order valence-electron chi connectivity index (χ2n) is 7.49. The number of hydrogen-bond acceptors (Lipinski definition) is 5. The number of aromatic nitrogens is 4. The molecule has 7 nitrogen and oxygen atoms in total. The summed E-state index contributed by atoms with van der Waals surface area (Å²) in [6.07, 6.45) is 8.19. The lowest BCUT2D eigenvalue weighted by atomic mass is 10.1. The number of pyridine rings is 2. The van der Waals surface area contributed by atoms with Crippen LogP contribution in [0.2, 0.25) is 5.02 Å². The minimum Gasteiger partial charge on any atom is -0.368 e. The summed E-state index contributed by atoms with van der Waals surface area (Å²) in [5, 5.41) is 7.88. The topological polar surface area (TPSA) is 75.9 Å². The van der Waals surface area contributed by atoms with Crippen LogP contribution in [0.25, 0.3) is 11.3 Å². The van der Waals surface area contributed by atoms with E-state index in [2.05, 4.69) is 15.4 Å². The molecule has 0 unspecified atom stereocenters. The molecule has 4 aromatic rings. The summed E-state index contributed by atoms with van der Waals surface area (Å²) >= 11 is 6.57. The standard InChI is InChI=1S/C24H22ClFN6O/c1-31-15-19(13-29-31)23-21(25)11-22(32(16-33)14-18-5-3-8-27-12-18)24(30-23)28-9-7-17-4-2-6-20(26)10-17/h2-6,8,10-13,15-16H,7,9,14H2,1H3,(H,28,30). The van der Waals surface area contributed by atoms with Gasteiger partial charge in [0.05, 0.1) is 29.1 Å². The van der Waals surface area contributed by atoms with Gasteiger partial charge in [0.2, 0.25) is 6.41 Å². The van der Waals surface area contributed by atoms with Crippen LogP contribution in [-0.4, -0.2) is 32.7 Å². The monoisotopic (exact) mass is 464 g/mol. The number of amides is 1. The highest BCUT2D eigenvalue weighted by atomic mass is 35.5. The molecular formula is C24H22ClFN6O. The fourth-order valence-corrected chi connectivity index (χ4v) is 3.71. The van der Waals surface area contributed by atoms with Crippen molar-refractivity contribution >= 4 is 29.5 Å². The minimum absolute atomic E-state index is 0.278. The Morgan fingerprint density at radius 2 is 2.03 bits per heavy atom. The van der Waals surface area contributed by atoms with E-state index in [9.17, 15) is 9.18 Å². The van der Waals surface area contributed by atoms with Gasteiger partial charge in [0, 0.05) is 37.7 Å². The van der Waals surface area contributed by atoms with Crippen LogP contribution in [0.5, 0.6) is 0 Å². The molecule has 0 radical (unpaired) electrons. The third kappa shape index (κ3) is 5.53. The van der Waals surface area contributed by atoms with Crippen molar-refractivity contribution in [2.45, 2.75) is 13.0 Å². The highest BCUT2D eigenvalue weighted by Gasteiger charge is 2.18. The Morgan fingerprint density at radius 3 is 2.73 bits per heavy atom. The third-order valence-electron chi connectivity index (χ3n) is 5.04. The summed E-state index contributed by atoms with van der Waals surface area (Å²) in [4.78, 5) is 22.4. The van der Waals surface area contributed by atoms with Gasteiger partial charge in [-0.25, -0.2) is 9.37 Å². The number of carbonyl (C=O) groups is 1. The van der Waals surface area contributed by atoms with Gasteiger partial charge in [0.1, 0.15) is 5.82 Å². The first-order chi connectivity index (χ1) is 16.0. The number of aryl methyl sites for hydroxylation is 1. The Morgan fingerprint density at radius 1 is 1.18 bits per heavy atom. The Kier molecular flexibility index (Phi) is 6.95. The van der Waals surface area contributed by atoms with E-state index in [-0.39, 0.29) is 5.82 Å². The molecule has 0 aliphatic heterocycles. The Hall–Kier alpha value is -3.78. The predicted molar refractivity (Wildman–Crippen MR) is 127 cm³/mol. The molecule has 0 saturated heterocycles. The summed E-state index contributed by atoms with van der Waals surface area (Å²) in [5.41, 5.74) is 3.56. The van der Waals surface area contributed by atoms with Gasteiger partial charge in [-0.3, -0.25) is 14.5 Å². The van der Waals surface area contributed by atoms with Crippen molar-refractivity contribution in [3.8, 4) is 11.3 Å². The summed E-state index contributed by atoms with van der Waals surface area (Å²) in [6, 6.07) is 11.9. The zero-order valence-corrected chi connectivity index (χ0v) is 18.7. The highest BCUT2D eigenvalue weighted by molar-refractivity contribution is 6.33. The van der Waals surface area contributed by atoms with Crippen LogP contribution < -0.4 is 10.2 Å². The predicted octanol–water partition coefficient (Wildman–Crippen LogP) is 4.49. The smallest absolute Gasteiger partial charge is 0.214 e. The van der Waals surface area contributed by atoms with Crippen LogP contribution in [0.1, 0.15) is 11.1 Å². The first-order valence-electron chi connectivity index (χ1n) is 10.3. The van der Waals surface area contributed by atoms with Gasteiger partial charge in [-0.15, -0.1) is 0 Å². The number of halogens is 2. The van der Waals surface area contributed by atoms with Crippen molar-refractivity contribution in [2.75, 3.05) is 16.8 Å². The van der Waals surface area contributed by atoms with E-state index < -0.39 is 0 Å². The molecule has 168 valence electrons. The molecule has 0 aliphatic rings. The number of nitrogens with zero attached hydrogens (tertiary/aromatic N) is 5. The fraction of sp³-hybridized carbons (Fsp3) is 0.167. The van der Waals surface area contributed by atoms with Crippen molar-refractivity contribution in [1.29, 1.82) is 0 Å². The number of nitrogens with one attached hydrogen (secondary N) is 1. The lowest BCUT2D eigenvalue weighted by molar-refractivity contribution is -0.107. The van der Waals surface area contributed by atoms with Gasteiger partial charge in [0.15, 0.2) is 5.82 Å². The minimum atomic E-state index is -0.278. The van der Waals surface area contributed by atoms with E-state index in [1.54, 1.807) is 35.4 Å². The van der Waals surface area contributed by atoms with Crippen molar-refractivity contribution < 1.29 is 9.18 Å². The molecule has 0 fully saturated rings. The Labute approximate surface area is 195 Å². The molecule has 3 aromatic heterocycles. The molecular weight excluding hydrogens is 443 g/mol. The SMILES string of the molecule is Cn1cc(-c2nc(NCCc3cccc(F)c3)c(N(C=O)Cc3cccnc3)cc2Cl)cn1. The molecule has 3 heterocycles. The molecule has 0 saturated carbocycles. The van der Waals surface area contributed by atoms with Gasteiger partial charge in [0.25, 0.3) is 0 Å². The molecule has 1 aromatic carbocycles. The second-order valence-corrected chi connectivity index (χ2v) is 7.90. The number of rotatable bonds is 9. The first kappa shape index (κ1) is 22.4. The zero-order valence-electron chi connectivity index (χ0n) is 17.9. The molecule has 1 amide bonds. The van der Waals surface area contributed by atoms with E-state index >= 15 is 0 Å². The van der Waals surface area contributed by atoms with Crippen LogP contribution >= 0.6 is 11.6 Å². The Bertz CT molecular complexity index is 1250. The van der Waals surface area contributed by atoms with Crippen LogP contribution in [0.3, 0.4) is 0 Å². The summed E-state index contributed by atoms with van der Waals surface area (Å²) in [7, 11) is 1.81. The van der Waals surface area contributed by atoms with Gasteiger partial charge in [-0.1, -0.05) is 29.8 Å². The van der Waals surface area contributed by atoms with Crippen LogP contribution in [0, 0.1) is 5.82 Å². The van der Waals surface area contributed by atoms with Gasteiger partial charge < -0.3 is 10.2 Å². The number of anilines is 2. The second kappa shape index (κ2) is 10.2. The maximum absolute atomic E-state index is 13.5. The average Bonchev–Trinajstić information content (AvgIpc) is 3.25. The van der Waals surface area contributed by atoms with Crippen LogP contribution in [-0.2, 0) is 24.8 Å². The zero-order chi connectivity index (χ0) is 23.2. The van der Waals surface area contributed by atoms with E-state index in [1.165, 1.54) is 17.0 Å². The van der Waals surface area contributed by atoms with E-state index in [0.29, 0.717) is 41.7 Å². The molecule has 0 bridgehead atoms. The molecule has 0 aliphatic carbocycles. The van der Waals surface area contributed by atoms with Crippen LogP contribution in [0.15, 0.2) is 67.3 Å². The number of carbonyl (C=O) groups excluding carboxylic acids is 1. The summed E-state index contributed by atoms with van der Waals surface area (Å²) < 4.78 is 15.2. The maximum Gasteiger partial charge on any atom is 0.214 e. The lowest BCUT2D eigenvalue weighted by Crippen LogP contribution is -2.23. The average molecular weight is 465 g/mol. The molecule has 0 spiro atoms. The quantitative estimate of drug-likeness (QED) is 0.369. The van der Waals surface area contributed by atoms with Gasteiger partial charge in [-0.05, 0) is 41.8 Å². The Balaban J connectivity index is 1.65. The van der Waals surface area contributed by atoms with Crippen molar-refractivity contribution in [3.05, 3.63) is 89.2 Å². The molecule has 1 N–H and O–H groups in total. The lowest BCUT2D eigenvalue weighted by Gasteiger charge is -2.22. The van der Waals surface area contributed by atoms with Crippen molar-refractivity contribution in [3.63, 3.8) is 0 Å².